The van der Waals surface area contributed by atoms with E-state index in [9.17, 15) is 13.2 Å². The zero-order valence-corrected chi connectivity index (χ0v) is 19.8. The number of aliphatic imine (C=N–C) groups is 1. The molecule has 0 fully saturated rings. The molecule has 0 aliphatic carbocycles. The number of benzene rings is 1. The lowest BCUT2D eigenvalue weighted by atomic mass is 10.1. The molecule has 0 spiro atoms. The number of hydrogen-bond donors (Lipinski definition) is 2. The Morgan fingerprint density at radius 2 is 2.13 bits per heavy atom. The van der Waals surface area contributed by atoms with Gasteiger partial charge in [-0.15, -0.1) is 24.0 Å². The van der Waals surface area contributed by atoms with Crippen LogP contribution in [0.15, 0.2) is 29.3 Å². The molecule has 0 radical (unpaired) electrons. The molecule has 0 saturated heterocycles. The molecule has 2 aromatic rings. The smallest absolute Gasteiger partial charge is 0.357 e. The number of rotatable bonds is 4. The molecule has 0 amide bonds. The molecule has 0 bridgehead atoms. The number of halogens is 4. The third-order valence-corrected chi connectivity index (χ3v) is 4.64. The van der Waals surface area contributed by atoms with E-state index < -0.39 is 11.7 Å². The summed E-state index contributed by atoms with van der Waals surface area (Å²) in [6, 6.07) is 5.15. The second-order valence-electron chi connectivity index (χ2n) is 6.94. The summed E-state index contributed by atoms with van der Waals surface area (Å²) in [6.07, 6.45) is -1.80. The number of guanidine groups is 1. The number of aryl methyl sites for hydroxylation is 2. The summed E-state index contributed by atoms with van der Waals surface area (Å²) in [6.45, 7) is 5.58. The zero-order chi connectivity index (χ0) is 21.6. The van der Waals surface area contributed by atoms with Crippen LogP contribution in [-0.2, 0) is 25.6 Å². The fourth-order valence-corrected chi connectivity index (χ4v) is 3.18. The standard InChI is InChI=1S/C21H25F3N6.HI/c1-3-18-28-19-11-10-17(14-30(19)29-18)27-20(25-4-2)26-12-6-8-15-7-5-9-16(13-15)21(22,23)24;/h5,7,9,13,17H,3-4,10-12,14H2,1-2H3,(H2,25,26,27);1H. The van der Waals surface area contributed by atoms with Gasteiger partial charge in [0.05, 0.1) is 12.1 Å². The van der Waals surface area contributed by atoms with Gasteiger partial charge in [-0.3, -0.25) is 0 Å². The molecule has 10 heteroatoms. The largest absolute Gasteiger partial charge is 0.416 e. The van der Waals surface area contributed by atoms with E-state index in [0.29, 0.717) is 24.6 Å². The predicted octanol–water partition coefficient (Wildman–Crippen LogP) is 3.40. The Bertz CT molecular complexity index is 958. The third kappa shape index (κ3) is 7.12. The molecule has 2 N–H and O–H groups in total. The Morgan fingerprint density at radius 3 is 2.84 bits per heavy atom. The molecule has 3 rings (SSSR count). The number of fused-ring (bicyclic) bond motifs is 1. The van der Waals surface area contributed by atoms with Gasteiger partial charge in [-0.1, -0.05) is 24.8 Å². The van der Waals surface area contributed by atoms with E-state index in [1.54, 1.807) is 6.07 Å². The first-order chi connectivity index (χ1) is 14.4. The van der Waals surface area contributed by atoms with E-state index in [-0.39, 0.29) is 36.6 Å². The van der Waals surface area contributed by atoms with Gasteiger partial charge < -0.3 is 10.6 Å². The fraction of sp³-hybridized carbons (Fsp3) is 0.476. The highest BCUT2D eigenvalue weighted by atomic mass is 127. The third-order valence-electron chi connectivity index (χ3n) is 4.64. The van der Waals surface area contributed by atoms with Crippen LogP contribution in [0.5, 0.6) is 0 Å². The van der Waals surface area contributed by atoms with Crippen molar-refractivity contribution in [2.75, 3.05) is 13.1 Å². The van der Waals surface area contributed by atoms with E-state index >= 15 is 0 Å². The minimum atomic E-state index is -4.38. The summed E-state index contributed by atoms with van der Waals surface area (Å²) in [7, 11) is 0. The van der Waals surface area contributed by atoms with Crippen LogP contribution >= 0.6 is 24.0 Å². The van der Waals surface area contributed by atoms with E-state index in [4.69, 9.17) is 0 Å². The quantitative estimate of drug-likeness (QED) is 0.267. The first-order valence-corrected chi connectivity index (χ1v) is 10.0. The van der Waals surface area contributed by atoms with Crippen molar-refractivity contribution in [3.8, 4) is 11.8 Å². The summed E-state index contributed by atoms with van der Waals surface area (Å²) in [5, 5.41) is 11.1. The second-order valence-corrected chi connectivity index (χ2v) is 6.94. The van der Waals surface area contributed by atoms with Crippen LogP contribution in [0.3, 0.4) is 0 Å². The van der Waals surface area contributed by atoms with Crippen molar-refractivity contribution >= 4 is 29.9 Å². The van der Waals surface area contributed by atoms with E-state index in [0.717, 1.165) is 43.0 Å². The Morgan fingerprint density at radius 1 is 1.32 bits per heavy atom. The van der Waals surface area contributed by atoms with Crippen LogP contribution in [0.2, 0.25) is 0 Å². The summed E-state index contributed by atoms with van der Waals surface area (Å²) < 4.78 is 40.3. The number of nitrogens with zero attached hydrogens (tertiary/aromatic N) is 4. The van der Waals surface area contributed by atoms with Crippen LogP contribution in [-0.4, -0.2) is 39.9 Å². The fourth-order valence-electron chi connectivity index (χ4n) is 3.18. The summed E-state index contributed by atoms with van der Waals surface area (Å²) in [5.41, 5.74) is -0.389. The maximum absolute atomic E-state index is 12.8. The van der Waals surface area contributed by atoms with Crippen molar-refractivity contribution in [1.29, 1.82) is 0 Å². The Kier molecular flexibility index (Phi) is 9.15. The molecule has 1 atom stereocenters. The topological polar surface area (TPSA) is 67.1 Å². The van der Waals surface area contributed by atoms with Gasteiger partial charge in [0.15, 0.2) is 11.8 Å². The molecule has 0 saturated carbocycles. The normalized spacial score (nSPS) is 15.9. The number of alkyl halides is 3. The Labute approximate surface area is 197 Å². The van der Waals surface area contributed by atoms with Crippen LogP contribution in [0.4, 0.5) is 13.2 Å². The lowest BCUT2D eigenvalue weighted by Crippen LogP contribution is -2.47. The van der Waals surface area contributed by atoms with Crippen molar-refractivity contribution < 1.29 is 13.2 Å². The molecular formula is C21H26F3IN6. The van der Waals surface area contributed by atoms with Gasteiger partial charge in [0.2, 0.25) is 0 Å². The van der Waals surface area contributed by atoms with Crippen LogP contribution in [0, 0.1) is 11.8 Å². The average Bonchev–Trinajstić information content (AvgIpc) is 3.13. The van der Waals surface area contributed by atoms with Crippen molar-refractivity contribution in [1.82, 2.24) is 25.4 Å². The zero-order valence-electron chi connectivity index (χ0n) is 17.5. The lowest BCUT2D eigenvalue weighted by molar-refractivity contribution is -0.137. The molecule has 168 valence electrons. The van der Waals surface area contributed by atoms with E-state index in [1.165, 1.54) is 6.07 Å². The maximum atomic E-state index is 12.8. The second kappa shape index (κ2) is 11.4. The molecule has 2 heterocycles. The van der Waals surface area contributed by atoms with Gasteiger partial charge in [0, 0.05) is 31.0 Å². The Hall–Kier alpha value is -2.29. The molecule has 31 heavy (non-hydrogen) atoms. The molecule has 1 aliphatic rings. The molecular weight excluding hydrogens is 520 g/mol. The number of nitrogens with one attached hydrogen (secondary N) is 2. The van der Waals surface area contributed by atoms with Gasteiger partial charge in [-0.25, -0.2) is 14.7 Å². The van der Waals surface area contributed by atoms with Crippen molar-refractivity contribution in [2.24, 2.45) is 4.99 Å². The van der Waals surface area contributed by atoms with Gasteiger partial charge in [-0.2, -0.15) is 18.3 Å². The highest BCUT2D eigenvalue weighted by Gasteiger charge is 2.30. The van der Waals surface area contributed by atoms with Crippen molar-refractivity contribution in [3.05, 3.63) is 47.0 Å². The monoisotopic (exact) mass is 546 g/mol. The predicted molar refractivity (Wildman–Crippen MR) is 124 cm³/mol. The van der Waals surface area contributed by atoms with E-state index in [1.807, 2.05) is 18.5 Å². The van der Waals surface area contributed by atoms with Crippen molar-refractivity contribution in [3.63, 3.8) is 0 Å². The Balaban J connectivity index is 0.00000341. The van der Waals surface area contributed by atoms with Gasteiger partial charge in [-0.05, 0) is 31.5 Å². The van der Waals surface area contributed by atoms with Crippen LogP contribution in [0.25, 0.3) is 0 Å². The minimum Gasteiger partial charge on any atom is -0.357 e. The molecule has 6 nitrogen and oxygen atoms in total. The average molecular weight is 546 g/mol. The molecule has 1 unspecified atom stereocenters. The highest BCUT2D eigenvalue weighted by Crippen LogP contribution is 2.29. The van der Waals surface area contributed by atoms with Crippen LogP contribution < -0.4 is 10.6 Å². The lowest BCUT2D eigenvalue weighted by Gasteiger charge is -2.25. The van der Waals surface area contributed by atoms with Crippen LogP contribution in [0.1, 0.15) is 43.0 Å². The first kappa shape index (κ1) is 25.0. The highest BCUT2D eigenvalue weighted by molar-refractivity contribution is 14.0. The minimum absolute atomic E-state index is 0. The van der Waals surface area contributed by atoms with Gasteiger partial charge in [0.1, 0.15) is 12.4 Å². The molecule has 1 aliphatic heterocycles. The first-order valence-electron chi connectivity index (χ1n) is 10.0. The maximum Gasteiger partial charge on any atom is 0.416 e. The SMILES string of the molecule is CCNC(=NCC#Cc1cccc(C(F)(F)F)c1)NC1CCc2nc(CC)nn2C1.I. The molecule has 1 aromatic heterocycles. The number of hydrogen-bond acceptors (Lipinski definition) is 3. The van der Waals surface area contributed by atoms with E-state index in [2.05, 4.69) is 37.5 Å². The molecule has 1 aromatic carbocycles. The van der Waals surface area contributed by atoms with Gasteiger partial charge in [0.25, 0.3) is 0 Å². The summed E-state index contributed by atoms with van der Waals surface area (Å²) in [4.78, 5) is 8.94. The number of aromatic nitrogens is 3. The van der Waals surface area contributed by atoms with Crippen molar-refractivity contribution in [2.45, 2.75) is 51.9 Å². The van der Waals surface area contributed by atoms with Gasteiger partial charge >= 0.3 is 6.18 Å². The summed E-state index contributed by atoms with van der Waals surface area (Å²) >= 11 is 0. The summed E-state index contributed by atoms with van der Waals surface area (Å²) in [5.74, 6) is 8.06.